The van der Waals surface area contributed by atoms with Gasteiger partial charge in [0.15, 0.2) is 0 Å². The highest BCUT2D eigenvalue weighted by atomic mass is 35.5. The van der Waals surface area contributed by atoms with E-state index in [0.717, 1.165) is 32.1 Å². The molecule has 2 aromatic carbocycles. The summed E-state index contributed by atoms with van der Waals surface area (Å²) in [7, 11) is 1.30. The van der Waals surface area contributed by atoms with Crippen LogP contribution in [0.3, 0.4) is 0 Å². The van der Waals surface area contributed by atoms with Crippen LogP contribution in [0.15, 0.2) is 59.3 Å². The van der Waals surface area contributed by atoms with Gasteiger partial charge in [0, 0.05) is 23.0 Å². The summed E-state index contributed by atoms with van der Waals surface area (Å²) < 4.78 is 4.66. The van der Waals surface area contributed by atoms with E-state index in [1.54, 1.807) is 48.5 Å². The first kappa shape index (κ1) is 23.5. The van der Waals surface area contributed by atoms with E-state index in [4.69, 9.17) is 11.6 Å². The highest BCUT2D eigenvalue weighted by Crippen LogP contribution is 2.32. The van der Waals surface area contributed by atoms with E-state index in [9.17, 15) is 19.2 Å². The lowest BCUT2D eigenvalue weighted by Crippen LogP contribution is -2.42. The molecule has 1 saturated carbocycles. The maximum absolute atomic E-state index is 13.0. The summed E-state index contributed by atoms with van der Waals surface area (Å²) in [5.41, 5.74) is 1.68. The lowest BCUT2D eigenvalue weighted by atomic mass is 9.94. The summed E-state index contributed by atoms with van der Waals surface area (Å²) in [6, 6.07) is 12.7. The van der Waals surface area contributed by atoms with Crippen molar-refractivity contribution in [2.75, 3.05) is 17.7 Å². The van der Waals surface area contributed by atoms with Crippen LogP contribution in [0.2, 0.25) is 0 Å². The second-order valence-corrected chi connectivity index (χ2v) is 8.57. The predicted octanol–water partition coefficient (Wildman–Crippen LogP) is 4.29. The highest BCUT2D eigenvalue weighted by molar-refractivity contribution is 6.48. The average molecular weight is 482 g/mol. The molecular formula is C25H24ClN3O5. The number of carbonyl (C=O) groups excluding carboxylic acids is 4. The molecule has 0 unspecified atom stereocenters. The number of nitrogens with zero attached hydrogens (tertiary/aromatic N) is 1. The largest absolute Gasteiger partial charge is 0.465 e. The fourth-order valence-electron chi connectivity index (χ4n) is 4.19. The molecule has 2 aromatic rings. The Bertz CT molecular complexity index is 1170. The molecule has 1 aliphatic heterocycles. The van der Waals surface area contributed by atoms with Crippen LogP contribution < -0.4 is 10.6 Å². The van der Waals surface area contributed by atoms with E-state index in [1.165, 1.54) is 12.0 Å². The van der Waals surface area contributed by atoms with E-state index < -0.39 is 17.8 Å². The number of hydrogen-bond acceptors (Lipinski definition) is 6. The first-order valence-electron chi connectivity index (χ1n) is 11.0. The number of amides is 3. The van der Waals surface area contributed by atoms with Gasteiger partial charge in [-0.2, -0.15) is 0 Å². The van der Waals surface area contributed by atoms with Crippen molar-refractivity contribution in [3.8, 4) is 0 Å². The topological polar surface area (TPSA) is 105 Å². The van der Waals surface area contributed by atoms with E-state index in [0.29, 0.717) is 22.5 Å². The minimum Gasteiger partial charge on any atom is -0.465 e. The molecule has 8 nitrogen and oxygen atoms in total. The highest BCUT2D eigenvalue weighted by Gasteiger charge is 2.42. The Kier molecular flexibility index (Phi) is 6.98. The number of imide groups is 1. The van der Waals surface area contributed by atoms with Crippen LogP contribution >= 0.6 is 11.6 Å². The third kappa shape index (κ3) is 4.82. The van der Waals surface area contributed by atoms with Gasteiger partial charge in [-0.15, -0.1) is 0 Å². The van der Waals surface area contributed by atoms with Crippen molar-refractivity contribution in [1.29, 1.82) is 0 Å². The van der Waals surface area contributed by atoms with Gasteiger partial charge in [-0.05, 0) is 55.3 Å². The zero-order valence-corrected chi connectivity index (χ0v) is 19.4. The molecule has 9 heteroatoms. The Morgan fingerprint density at radius 1 is 0.941 bits per heavy atom. The molecule has 0 aromatic heterocycles. The van der Waals surface area contributed by atoms with Crippen molar-refractivity contribution < 1.29 is 23.9 Å². The molecule has 2 aliphatic rings. The molecule has 0 atom stereocenters. The van der Waals surface area contributed by atoms with Crippen LogP contribution in [0.1, 0.15) is 52.8 Å². The molecular weight excluding hydrogens is 458 g/mol. The SMILES string of the molecule is COC(=O)c1ccc(NC(=O)c2cccc(NC3=C(Cl)C(=O)N(C4CCCCC4)C3=O)c2)cc1. The van der Waals surface area contributed by atoms with Gasteiger partial charge in [-0.1, -0.05) is 36.9 Å². The number of nitrogens with one attached hydrogen (secondary N) is 2. The molecule has 2 N–H and O–H groups in total. The summed E-state index contributed by atoms with van der Waals surface area (Å²) in [5, 5.41) is 5.54. The first-order valence-corrected chi connectivity index (χ1v) is 11.4. The van der Waals surface area contributed by atoms with Gasteiger partial charge in [0.1, 0.15) is 10.7 Å². The van der Waals surface area contributed by atoms with Crippen molar-refractivity contribution in [1.82, 2.24) is 4.90 Å². The number of hydrogen-bond donors (Lipinski definition) is 2. The van der Waals surface area contributed by atoms with Crippen LogP contribution in [0.5, 0.6) is 0 Å². The summed E-state index contributed by atoms with van der Waals surface area (Å²) in [4.78, 5) is 51.2. The number of carbonyl (C=O) groups is 4. The molecule has 3 amide bonds. The second-order valence-electron chi connectivity index (χ2n) is 8.19. The lowest BCUT2D eigenvalue weighted by Gasteiger charge is -2.29. The van der Waals surface area contributed by atoms with Crippen LogP contribution in [-0.4, -0.2) is 41.7 Å². The van der Waals surface area contributed by atoms with Gasteiger partial charge < -0.3 is 15.4 Å². The zero-order valence-electron chi connectivity index (χ0n) is 18.6. The fraction of sp³-hybridized carbons (Fsp3) is 0.280. The number of rotatable bonds is 6. The monoisotopic (exact) mass is 481 g/mol. The van der Waals surface area contributed by atoms with Gasteiger partial charge in [0.25, 0.3) is 17.7 Å². The Balaban J connectivity index is 1.46. The van der Waals surface area contributed by atoms with E-state index >= 15 is 0 Å². The Hall–Kier alpha value is -3.65. The number of anilines is 2. The Morgan fingerprint density at radius 3 is 2.32 bits per heavy atom. The number of benzene rings is 2. The summed E-state index contributed by atoms with van der Waals surface area (Å²) in [5.74, 6) is -1.77. The van der Waals surface area contributed by atoms with Crippen molar-refractivity contribution in [2.24, 2.45) is 0 Å². The number of esters is 1. The summed E-state index contributed by atoms with van der Waals surface area (Å²) in [6.45, 7) is 0. The van der Waals surface area contributed by atoms with E-state index in [1.807, 2.05) is 0 Å². The van der Waals surface area contributed by atoms with Crippen molar-refractivity contribution in [3.63, 3.8) is 0 Å². The number of ether oxygens (including phenoxy) is 1. The molecule has 4 rings (SSSR count). The van der Waals surface area contributed by atoms with Crippen LogP contribution in [-0.2, 0) is 14.3 Å². The molecule has 0 saturated heterocycles. The van der Waals surface area contributed by atoms with E-state index in [-0.39, 0.29) is 22.7 Å². The predicted molar refractivity (Wildman–Crippen MR) is 127 cm³/mol. The van der Waals surface area contributed by atoms with Crippen molar-refractivity contribution in [3.05, 3.63) is 70.4 Å². The van der Waals surface area contributed by atoms with Gasteiger partial charge in [-0.3, -0.25) is 19.3 Å². The molecule has 34 heavy (non-hydrogen) atoms. The molecule has 0 radical (unpaired) electrons. The zero-order chi connectivity index (χ0) is 24.2. The van der Waals surface area contributed by atoms with Crippen LogP contribution in [0.25, 0.3) is 0 Å². The standard InChI is InChI=1S/C25H24ClN3O5/c1-34-25(33)15-10-12-17(13-11-15)28-22(30)16-6-5-7-18(14-16)27-21-20(26)23(31)29(24(21)32)19-8-3-2-4-9-19/h5-7,10-14,19,27H,2-4,8-9H2,1H3,(H,28,30). The Morgan fingerprint density at radius 2 is 1.65 bits per heavy atom. The number of halogens is 1. The fourth-order valence-corrected chi connectivity index (χ4v) is 4.41. The second kappa shape index (κ2) is 10.1. The minimum absolute atomic E-state index is 0.0215. The van der Waals surface area contributed by atoms with Gasteiger partial charge >= 0.3 is 5.97 Å². The first-order chi connectivity index (χ1) is 16.4. The molecule has 1 fully saturated rings. The third-order valence-electron chi connectivity index (χ3n) is 5.96. The summed E-state index contributed by atoms with van der Waals surface area (Å²) in [6.07, 6.45) is 4.62. The quantitative estimate of drug-likeness (QED) is 0.471. The number of methoxy groups -OCH3 is 1. The smallest absolute Gasteiger partial charge is 0.337 e. The van der Waals surface area contributed by atoms with Crippen LogP contribution in [0, 0.1) is 0 Å². The van der Waals surface area contributed by atoms with Gasteiger partial charge in [-0.25, -0.2) is 4.79 Å². The van der Waals surface area contributed by atoms with Gasteiger partial charge in [0.2, 0.25) is 0 Å². The van der Waals surface area contributed by atoms with Crippen molar-refractivity contribution >= 4 is 46.7 Å². The molecule has 176 valence electrons. The van der Waals surface area contributed by atoms with Crippen molar-refractivity contribution in [2.45, 2.75) is 38.1 Å². The normalized spacial score (nSPS) is 16.6. The van der Waals surface area contributed by atoms with Crippen LogP contribution in [0.4, 0.5) is 11.4 Å². The third-order valence-corrected chi connectivity index (χ3v) is 6.31. The van der Waals surface area contributed by atoms with Gasteiger partial charge in [0.05, 0.1) is 12.7 Å². The summed E-state index contributed by atoms with van der Waals surface area (Å²) >= 11 is 6.24. The minimum atomic E-state index is -0.481. The Labute approximate surface area is 201 Å². The van der Waals surface area contributed by atoms with E-state index in [2.05, 4.69) is 15.4 Å². The molecule has 1 heterocycles. The maximum atomic E-state index is 13.0. The average Bonchev–Trinajstić information content (AvgIpc) is 3.07. The molecule has 1 aliphatic carbocycles. The molecule has 0 spiro atoms. The lowest BCUT2D eigenvalue weighted by molar-refractivity contribution is -0.140. The molecule has 0 bridgehead atoms. The maximum Gasteiger partial charge on any atom is 0.337 e.